The summed E-state index contributed by atoms with van der Waals surface area (Å²) in [5.74, 6) is -2.76. The van der Waals surface area contributed by atoms with Gasteiger partial charge in [0.05, 0.1) is 5.56 Å². The number of nitrogens with zero attached hydrogens (tertiary/aromatic N) is 1. The van der Waals surface area contributed by atoms with E-state index in [2.05, 4.69) is 0 Å². The molecule has 0 saturated carbocycles. The van der Waals surface area contributed by atoms with Crippen molar-refractivity contribution in [1.82, 2.24) is 4.90 Å². The van der Waals surface area contributed by atoms with Crippen LogP contribution in [0.2, 0.25) is 0 Å². The molecule has 19 heavy (non-hydrogen) atoms. The van der Waals surface area contributed by atoms with Crippen molar-refractivity contribution in [3.8, 4) is 5.75 Å². The van der Waals surface area contributed by atoms with Crippen LogP contribution in [-0.4, -0.2) is 41.1 Å². The monoisotopic (exact) mass is 299 g/mol. The topological polar surface area (TPSA) is 40.5 Å². The van der Waals surface area contributed by atoms with Crippen molar-refractivity contribution in [1.29, 1.82) is 0 Å². The zero-order valence-electron chi connectivity index (χ0n) is 9.55. The van der Waals surface area contributed by atoms with Gasteiger partial charge in [0.1, 0.15) is 18.1 Å². The second-order valence-electron chi connectivity index (χ2n) is 3.69. The molecule has 0 unspecified atom stereocenters. The van der Waals surface area contributed by atoms with Crippen molar-refractivity contribution in [3.63, 3.8) is 0 Å². The van der Waals surface area contributed by atoms with Crippen molar-refractivity contribution in [2.75, 3.05) is 19.0 Å². The molecule has 1 N–H and O–H groups in total. The molecule has 0 aliphatic carbocycles. The molecule has 3 nitrogen and oxygen atoms in total. The van der Waals surface area contributed by atoms with E-state index in [9.17, 15) is 27.5 Å². The number of carbonyl (C=O) groups is 1. The lowest BCUT2D eigenvalue weighted by atomic mass is 10.1. The standard InChI is InChI=1S/C11H10ClF4NO2/c12-3-4-17(6-11(14,15)16)10(19)8-2-1-7(13)5-9(8)18/h1-2,5,18H,3-4,6H2. The van der Waals surface area contributed by atoms with Crippen molar-refractivity contribution in [2.45, 2.75) is 6.18 Å². The van der Waals surface area contributed by atoms with E-state index in [0.29, 0.717) is 11.0 Å². The number of benzene rings is 1. The Labute approximate surface area is 111 Å². The highest BCUT2D eigenvalue weighted by molar-refractivity contribution is 6.18. The van der Waals surface area contributed by atoms with E-state index in [-0.39, 0.29) is 12.4 Å². The van der Waals surface area contributed by atoms with E-state index in [1.807, 2.05) is 0 Å². The van der Waals surface area contributed by atoms with Gasteiger partial charge in [-0.1, -0.05) is 0 Å². The van der Waals surface area contributed by atoms with E-state index in [1.54, 1.807) is 0 Å². The van der Waals surface area contributed by atoms with E-state index in [1.165, 1.54) is 0 Å². The van der Waals surface area contributed by atoms with Crippen molar-refractivity contribution in [2.24, 2.45) is 0 Å². The van der Waals surface area contributed by atoms with Gasteiger partial charge in [-0.05, 0) is 12.1 Å². The second-order valence-corrected chi connectivity index (χ2v) is 4.07. The van der Waals surface area contributed by atoms with Gasteiger partial charge in [-0.3, -0.25) is 4.79 Å². The molecule has 0 spiro atoms. The van der Waals surface area contributed by atoms with E-state index in [4.69, 9.17) is 11.6 Å². The molecule has 0 fully saturated rings. The zero-order chi connectivity index (χ0) is 14.6. The van der Waals surface area contributed by atoms with Gasteiger partial charge in [-0.15, -0.1) is 11.6 Å². The number of amides is 1. The quantitative estimate of drug-likeness (QED) is 0.686. The number of phenols is 1. The fourth-order valence-corrected chi connectivity index (χ4v) is 1.63. The molecule has 0 saturated heterocycles. The molecular weight excluding hydrogens is 290 g/mol. The van der Waals surface area contributed by atoms with Gasteiger partial charge in [0.15, 0.2) is 0 Å². The van der Waals surface area contributed by atoms with E-state index in [0.717, 1.165) is 12.1 Å². The highest BCUT2D eigenvalue weighted by Crippen LogP contribution is 2.23. The first-order valence-electron chi connectivity index (χ1n) is 5.15. The molecule has 0 bridgehead atoms. The maximum Gasteiger partial charge on any atom is 0.406 e. The largest absolute Gasteiger partial charge is 0.507 e. The molecule has 0 aromatic heterocycles. The molecule has 1 amide bonds. The van der Waals surface area contributed by atoms with Gasteiger partial charge in [0.25, 0.3) is 5.91 Å². The highest BCUT2D eigenvalue weighted by atomic mass is 35.5. The fraction of sp³-hybridized carbons (Fsp3) is 0.364. The highest BCUT2D eigenvalue weighted by Gasteiger charge is 2.33. The van der Waals surface area contributed by atoms with Crippen molar-refractivity contribution < 1.29 is 27.5 Å². The van der Waals surface area contributed by atoms with Gasteiger partial charge in [-0.25, -0.2) is 4.39 Å². The summed E-state index contributed by atoms with van der Waals surface area (Å²) >= 11 is 5.34. The third kappa shape index (κ3) is 4.59. The summed E-state index contributed by atoms with van der Waals surface area (Å²) in [5, 5.41) is 9.38. The Morgan fingerprint density at radius 1 is 1.37 bits per heavy atom. The zero-order valence-corrected chi connectivity index (χ0v) is 10.3. The van der Waals surface area contributed by atoms with Crippen LogP contribution in [0.25, 0.3) is 0 Å². The van der Waals surface area contributed by atoms with Crippen LogP contribution in [0.1, 0.15) is 10.4 Å². The molecule has 0 heterocycles. The summed E-state index contributed by atoms with van der Waals surface area (Å²) < 4.78 is 49.7. The third-order valence-corrected chi connectivity index (χ3v) is 2.37. The van der Waals surface area contributed by atoms with Crippen LogP contribution >= 0.6 is 11.6 Å². The fourth-order valence-electron chi connectivity index (χ4n) is 1.43. The molecule has 0 aliphatic rings. The predicted octanol–water partition coefficient (Wildman–Crippen LogP) is 2.77. The molecule has 8 heteroatoms. The summed E-state index contributed by atoms with van der Waals surface area (Å²) in [7, 11) is 0. The molecule has 1 aromatic carbocycles. The predicted molar refractivity (Wildman–Crippen MR) is 60.7 cm³/mol. The molecule has 0 atom stereocenters. The first-order valence-corrected chi connectivity index (χ1v) is 5.68. The summed E-state index contributed by atoms with van der Waals surface area (Å²) in [4.78, 5) is 12.3. The maximum atomic E-state index is 12.7. The molecule has 106 valence electrons. The van der Waals surface area contributed by atoms with Gasteiger partial charge >= 0.3 is 6.18 Å². The number of alkyl halides is 4. The van der Waals surface area contributed by atoms with Crippen LogP contribution in [0, 0.1) is 5.82 Å². The summed E-state index contributed by atoms with van der Waals surface area (Å²) in [6.45, 7) is -1.83. The molecule has 1 aromatic rings. The van der Waals surface area contributed by atoms with Crippen LogP contribution in [0.3, 0.4) is 0 Å². The lowest BCUT2D eigenvalue weighted by Crippen LogP contribution is -2.40. The molecule has 1 rings (SSSR count). The average Bonchev–Trinajstić information content (AvgIpc) is 2.26. The van der Waals surface area contributed by atoms with Gasteiger partial charge in [-0.2, -0.15) is 13.2 Å². The number of phenolic OH excluding ortho intramolecular Hbond substituents is 1. The van der Waals surface area contributed by atoms with Crippen LogP contribution in [0.5, 0.6) is 5.75 Å². The van der Waals surface area contributed by atoms with Crippen LogP contribution in [0.4, 0.5) is 17.6 Å². The minimum absolute atomic E-state index is 0.191. The Bertz CT molecular complexity index is 464. The normalized spacial score (nSPS) is 11.4. The Balaban J connectivity index is 2.99. The third-order valence-electron chi connectivity index (χ3n) is 2.20. The summed E-state index contributed by atoms with van der Waals surface area (Å²) in [5.41, 5.74) is -0.407. The van der Waals surface area contributed by atoms with E-state index >= 15 is 0 Å². The van der Waals surface area contributed by atoms with Gasteiger partial charge in [0.2, 0.25) is 0 Å². The number of halogens is 5. The molecule has 0 aliphatic heterocycles. The summed E-state index contributed by atoms with van der Waals surface area (Å²) in [6, 6.07) is 2.45. The first kappa shape index (κ1) is 15.6. The Morgan fingerprint density at radius 3 is 2.47 bits per heavy atom. The SMILES string of the molecule is O=C(c1ccc(F)cc1O)N(CCCl)CC(F)(F)F. The van der Waals surface area contributed by atoms with Crippen molar-refractivity contribution in [3.05, 3.63) is 29.6 Å². The molecule has 0 radical (unpaired) electrons. The van der Waals surface area contributed by atoms with Crippen molar-refractivity contribution >= 4 is 17.5 Å². The number of hydrogen-bond acceptors (Lipinski definition) is 2. The Morgan fingerprint density at radius 2 is 2.00 bits per heavy atom. The lowest BCUT2D eigenvalue weighted by Gasteiger charge is -2.23. The van der Waals surface area contributed by atoms with Gasteiger partial charge in [0, 0.05) is 18.5 Å². The lowest BCUT2D eigenvalue weighted by molar-refractivity contribution is -0.140. The minimum atomic E-state index is -4.59. The molecular formula is C11H10ClF4NO2. The Kier molecular flexibility index (Phi) is 4.99. The summed E-state index contributed by atoms with van der Waals surface area (Å²) in [6.07, 6.45) is -4.59. The second kappa shape index (κ2) is 6.10. The smallest absolute Gasteiger partial charge is 0.406 e. The van der Waals surface area contributed by atoms with Crippen LogP contribution in [-0.2, 0) is 0 Å². The number of rotatable bonds is 4. The Hall–Kier alpha value is -1.50. The maximum absolute atomic E-state index is 12.7. The van der Waals surface area contributed by atoms with Crippen LogP contribution in [0.15, 0.2) is 18.2 Å². The number of hydrogen-bond donors (Lipinski definition) is 1. The first-order chi connectivity index (χ1) is 8.74. The van der Waals surface area contributed by atoms with E-state index < -0.39 is 35.8 Å². The average molecular weight is 300 g/mol. The number of carbonyl (C=O) groups excluding carboxylic acids is 1. The van der Waals surface area contributed by atoms with Crippen LogP contribution < -0.4 is 0 Å². The number of aromatic hydroxyl groups is 1. The minimum Gasteiger partial charge on any atom is -0.507 e. The van der Waals surface area contributed by atoms with Gasteiger partial charge < -0.3 is 10.0 Å².